The van der Waals surface area contributed by atoms with E-state index in [1.54, 1.807) is 11.9 Å². The largest absolute Gasteiger partial charge is 0.409 e. The fraction of sp³-hybridized carbons (Fsp3) is 0.800. The summed E-state index contributed by atoms with van der Waals surface area (Å²) >= 11 is 0. The van der Waals surface area contributed by atoms with E-state index in [1.165, 1.54) is 0 Å². The molecule has 0 saturated carbocycles. The predicted octanol–water partition coefficient (Wildman–Crippen LogP) is -0.812. The van der Waals surface area contributed by atoms with Crippen molar-refractivity contribution in [1.82, 2.24) is 10.4 Å². The Hall–Kier alpha value is -0.810. The zero-order chi connectivity index (χ0) is 8.15. The summed E-state index contributed by atoms with van der Waals surface area (Å²) in [5, 5.41) is 12.8. The number of hydrogen-bond acceptors (Lipinski definition) is 4. The fourth-order valence-corrected chi connectivity index (χ4v) is 0.540. The van der Waals surface area contributed by atoms with Gasteiger partial charge in [-0.2, -0.15) is 0 Å². The van der Waals surface area contributed by atoms with Gasteiger partial charge >= 0.3 is 0 Å². The van der Waals surface area contributed by atoms with Crippen LogP contribution in [0.2, 0.25) is 0 Å². The van der Waals surface area contributed by atoms with E-state index in [0.29, 0.717) is 0 Å². The molecule has 0 aromatic carbocycles. The van der Waals surface area contributed by atoms with Crippen molar-refractivity contribution in [2.24, 2.45) is 10.9 Å². The van der Waals surface area contributed by atoms with E-state index < -0.39 is 0 Å². The minimum atomic E-state index is -0.139. The Labute approximate surface area is 60.5 Å². The third kappa shape index (κ3) is 3.26. The number of nitrogens with zero attached hydrogens (tertiary/aromatic N) is 2. The zero-order valence-corrected chi connectivity index (χ0v) is 6.50. The number of hydrazine groups is 1. The molecule has 0 bridgehead atoms. The van der Waals surface area contributed by atoms with Crippen LogP contribution in [-0.4, -0.2) is 36.2 Å². The molecule has 0 aromatic heterocycles. The van der Waals surface area contributed by atoms with Crippen molar-refractivity contribution in [3.8, 4) is 0 Å². The van der Waals surface area contributed by atoms with Crippen LogP contribution in [0.15, 0.2) is 5.16 Å². The second-order valence-corrected chi connectivity index (χ2v) is 2.27. The summed E-state index contributed by atoms with van der Waals surface area (Å²) in [5.41, 5.74) is 8.19. The van der Waals surface area contributed by atoms with Crippen LogP contribution in [0.25, 0.3) is 0 Å². The molecule has 0 radical (unpaired) electrons. The molecule has 10 heavy (non-hydrogen) atoms. The second-order valence-electron chi connectivity index (χ2n) is 2.27. The summed E-state index contributed by atoms with van der Waals surface area (Å²) in [6, 6.07) is -0.139. The smallest absolute Gasteiger partial charge is 0.157 e. The molecule has 0 amide bonds. The molecule has 0 aliphatic carbocycles. The molecule has 0 aliphatic heterocycles. The molecular formula is C5H14N4O. The third-order valence-corrected chi connectivity index (χ3v) is 1.01. The lowest BCUT2D eigenvalue weighted by atomic mass is 10.3. The molecule has 5 heteroatoms. The van der Waals surface area contributed by atoms with Gasteiger partial charge in [0.05, 0.1) is 6.04 Å². The highest BCUT2D eigenvalue weighted by Gasteiger charge is 2.05. The van der Waals surface area contributed by atoms with Crippen molar-refractivity contribution in [3.63, 3.8) is 0 Å². The van der Waals surface area contributed by atoms with Crippen molar-refractivity contribution in [3.05, 3.63) is 0 Å². The van der Waals surface area contributed by atoms with Gasteiger partial charge < -0.3 is 10.9 Å². The third-order valence-electron chi connectivity index (χ3n) is 1.01. The molecule has 0 fully saturated rings. The average Bonchev–Trinajstić information content (AvgIpc) is 1.85. The molecule has 1 unspecified atom stereocenters. The first-order valence-corrected chi connectivity index (χ1v) is 2.99. The number of nitrogens with one attached hydrogen (secondary N) is 1. The number of nitrogens with two attached hydrogens (primary N) is 1. The Morgan fingerprint density at radius 2 is 2.20 bits per heavy atom. The summed E-state index contributed by atoms with van der Waals surface area (Å²) in [4.78, 5) is 0. The van der Waals surface area contributed by atoms with Gasteiger partial charge in [0, 0.05) is 14.1 Å². The normalized spacial score (nSPS) is 15.8. The first kappa shape index (κ1) is 9.19. The summed E-state index contributed by atoms with van der Waals surface area (Å²) < 4.78 is 0. The summed E-state index contributed by atoms with van der Waals surface area (Å²) in [5.74, 6) is 0.175. The molecule has 0 saturated heterocycles. The first-order chi connectivity index (χ1) is 4.57. The Morgan fingerprint density at radius 3 is 2.50 bits per heavy atom. The summed E-state index contributed by atoms with van der Waals surface area (Å²) in [6.07, 6.45) is 0. The minimum Gasteiger partial charge on any atom is -0.409 e. The van der Waals surface area contributed by atoms with E-state index in [4.69, 9.17) is 10.9 Å². The van der Waals surface area contributed by atoms with Gasteiger partial charge in [-0.25, -0.2) is 10.4 Å². The number of rotatable bonds is 3. The Morgan fingerprint density at radius 1 is 1.70 bits per heavy atom. The number of hydrogen-bond donors (Lipinski definition) is 3. The average molecular weight is 146 g/mol. The highest BCUT2D eigenvalue weighted by atomic mass is 16.4. The maximum absolute atomic E-state index is 8.22. The van der Waals surface area contributed by atoms with Crippen LogP contribution in [-0.2, 0) is 0 Å². The molecule has 1 atom stereocenters. The van der Waals surface area contributed by atoms with Crippen LogP contribution in [0.3, 0.4) is 0 Å². The Bertz CT molecular complexity index is 123. The lowest BCUT2D eigenvalue weighted by Crippen LogP contribution is -2.45. The topological polar surface area (TPSA) is 73.9 Å². The predicted molar refractivity (Wildman–Crippen MR) is 39.7 cm³/mol. The standard InChI is InChI=1S/C5H14N4O/c1-4(5(6)8-10)7-9(2)3/h4,7,10H,1-3H3,(H2,6,8). The van der Waals surface area contributed by atoms with E-state index in [1.807, 2.05) is 14.1 Å². The molecular weight excluding hydrogens is 132 g/mol. The molecule has 5 nitrogen and oxygen atoms in total. The van der Waals surface area contributed by atoms with Crippen molar-refractivity contribution in [1.29, 1.82) is 0 Å². The number of oxime groups is 1. The summed E-state index contributed by atoms with van der Waals surface area (Å²) in [7, 11) is 3.67. The molecule has 0 rings (SSSR count). The van der Waals surface area contributed by atoms with Crippen LogP contribution in [0.4, 0.5) is 0 Å². The summed E-state index contributed by atoms with van der Waals surface area (Å²) in [6.45, 7) is 1.80. The van der Waals surface area contributed by atoms with Crippen LogP contribution in [0.1, 0.15) is 6.92 Å². The molecule has 60 valence electrons. The van der Waals surface area contributed by atoms with Crippen LogP contribution >= 0.6 is 0 Å². The molecule has 0 heterocycles. The van der Waals surface area contributed by atoms with Gasteiger partial charge in [0.1, 0.15) is 0 Å². The van der Waals surface area contributed by atoms with E-state index >= 15 is 0 Å². The van der Waals surface area contributed by atoms with Gasteiger partial charge in [0.25, 0.3) is 0 Å². The lowest BCUT2D eigenvalue weighted by molar-refractivity contribution is 0.269. The number of amidine groups is 1. The van der Waals surface area contributed by atoms with E-state index in [0.717, 1.165) is 0 Å². The second kappa shape index (κ2) is 4.08. The quantitative estimate of drug-likeness (QED) is 0.211. The first-order valence-electron chi connectivity index (χ1n) is 2.99. The van der Waals surface area contributed by atoms with Gasteiger partial charge in [-0.05, 0) is 6.92 Å². The lowest BCUT2D eigenvalue weighted by Gasteiger charge is -2.17. The van der Waals surface area contributed by atoms with Gasteiger partial charge in [-0.3, -0.25) is 0 Å². The van der Waals surface area contributed by atoms with Gasteiger partial charge in [-0.15, -0.1) is 0 Å². The Balaban J connectivity index is 3.73. The van der Waals surface area contributed by atoms with Gasteiger partial charge in [-0.1, -0.05) is 5.16 Å². The van der Waals surface area contributed by atoms with Crippen molar-refractivity contribution in [2.75, 3.05) is 14.1 Å². The Kier molecular flexibility index (Phi) is 3.75. The van der Waals surface area contributed by atoms with Gasteiger partial charge in [0.15, 0.2) is 5.84 Å². The SMILES string of the molecule is CC(NN(C)C)C(N)=NO. The van der Waals surface area contributed by atoms with Gasteiger partial charge in [0.2, 0.25) is 0 Å². The molecule has 4 N–H and O–H groups in total. The van der Waals surface area contributed by atoms with E-state index in [9.17, 15) is 0 Å². The highest BCUT2D eigenvalue weighted by Crippen LogP contribution is 1.80. The maximum Gasteiger partial charge on any atom is 0.157 e. The minimum absolute atomic E-state index is 0.139. The van der Waals surface area contributed by atoms with Crippen LogP contribution < -0.4 is 11.2 Å². The maximum atomic E-state index is 8.22. The zero-order valence-electron chi connectivity index (χ0n) is 6.50. The van der Waals surface area contributed by atoms with Crippen molar-refractivity contribution >= 4 is 5.84 Å². The fourth-order valence-electron chi connectivity index (χ4n) is 0.540. The van der Waals surface area contributed by atoms with Crippen LogP contribution in [0, 0.1) is 0 Å². The molecule has 0 aliphatic rings. The van der Waals surface area contributed by atoms with E-state index in [2.05, 4.69) is 10.6 Å². The molecule has 0 aromatic rings. The highest BCUT2D eigenvalue weighted by molar-refractivity contribution is 5.84. The van der Waals surface area contributed by atoms with Crippen LogP contribution in [0.5, 0.6) is 0 Å². The molecule has 0 spiro atoms. The van der Waals surface area contributed by atoms with Crippen molar-refractivity contribution < 1.29 is 5.21 Å². The van der Waals surface area contributed by atoms with Crippen molar-refractivity contribution in [2.45, 2.75) is 13.0 Å². The van der Waals surface area contributed by atoms with E-state index in [-0.39, 0.29) is 11.9 Å². The monoisotopic (exact) mass is 146 g/mol.